The Morgan fingerprint density at radius 3 is 2.10 bits per heavy atom. The van der Waals surface area contributed by atoms with Crippen molar-refractivity contribution in [3.8, 4) is 22.6 Å². The first kappa shape index (κ1) is 13.8. The van der Waals surface area contributed by atoms with Crippen LogP contribution >= 0.6 is 0 Å². The van der Waals surface area contributed by atoms with Gasteiger partial charge in [-0.05, 0) is 17.7 Å². The number of carbonyl (C=O) groups excluding carboxylic acids is 2. The highest BCUT2D eigenvalue weighted by atomic mass is 16.5. The van der Waals surface area contributed by atoms with Crippen molar-refractivity contribution in [2.45, 2.75) is 13.8 Å². The summed E-state index contributed by atoms with van der Waals surface area (Å²) < 4.78 is 10.2. The third-order valence-corrected chi connectivity index (χ3v) is 2.55. The zero-order valence-electron chi connectivity index (χ0n) is 11.3. The highest BCUT2D eigenvalue weighted by Crippen LogP contribution is 2.33. The average Bonchev–Trinajstić information content (AvgIpc) is 2.38. The fourth-order valence-electron chi connectivity index (χ4n) is 1.83. The molecule has 4 nitrogen and oxygen atoms in total. The molecule has 0 bridgehead atoms. The first-order valence-electron chi connectivity index (χ1n) is 6.12. The monoisotopic (exact) mass is 270 g/mol. The normalized spacial score (nSPS) is 9.90. The lowest BCUT2D eigenvalue weighted by atomic mass is 10.0. The van der Waals surface area contributed by atoms with Gasteiger partial charge in [-0.25, -0.2) is 0 Å². The van der Waals surface area contributed by atoms with Gasteiger partial charge in [-0.15, -0.1) is 0 Å². The Morgan fingerprint density at radius 2 is 1.50 bits per heavy atom. The Balaban J connectivity index is 2.45. The molecule has 4 heteroatoms. The van der Waals surface area contributed by atoms with Crippen molar-refractivity contribution in [2.75, 3.05) is 0 Å². The molecule has 0 saturated heterocycles. The second-order valence-electron chi connectivity index (χ2n) is 4.21. The maximum Gasteiger partial charge on any atom is 0.308 e. The molecule has 0 fully saturated rings. The van der Waals surface area contributed by atoms with E-state index in [4.69, 9.17) is 9.47 Å². The minimum Gasteiger partial charge on any atom is -0.427 e. The molecule has 0 saturated carbocycles. The first-order valence-corrected chi connectivity index (χ1v) is 6.12. The number of hydrogen-bond donors (Lipinski definition) is 0. The molecule has 0 spiro atoms. The van der Waals surface area contributed by atoms with Gasteiger partial charge in [0, 0.05) is 25.5 Å². The third-order valence-electron chi connectivity index (χ3n) is 2.55. The predicted octanol–water partition coefficient (Wildman–Crippen LogP) is 3.20. The summed E-state index contributed by atoms with van der Waals surface area (Å²) in [6, 6.07) is 14.5. The Hall–Kier alpha value is -2.62. The Kier molecular flexibility index (Phi) is 4.15. The predicted molar refractivity (Wildman–Crippen MR) is 74.5 cm³/mol. The molecule has 0 amide bonds. The van der Waals surface area contributed by atoms with Crippen LogP contribution in [0.5, 0.6) is 11.5 Å². The smallest absolute Gasteiger partial charge is 0.308 e. The van der Waals surface area contributed by atoms with E-state index < -0.39 is 11.9 Å². The van der Waals surface area contributed by atoms with Gasteiger partial charge in [0.15, 0.2) is 0 Å². The summed E-state index contributed by atoms with van der Waals surface area (Å²) in [4.78, 5) is 22.2. The zero-order chi connectivity index (χ0) is 14.5. The second-order valence-corrected chi connectivity index (χ2v) is 4.21. The molecular weight excluding hydrogens is 256 g/mol. The molecule has 0 atom stereocenters. The number of hydrogen-bond acceptors (Lipinski definition) is 4. The van der Waals surface area contributed by atoms with Crippen LogP contribution in [0.1, 0.15) is 13.8 Å². The maximum absolute atomic E-state index is 11.2. The lowest BCUT2D eigenvalue weighted by Gasteiger charge is -2.11. The molecule has 0 aromatic heterocycles. The molecule has 0 aliphatic heterocycles. The summed E-state index contributed by atoms with van der Waals surface area (Å²) in [6.07, 6.45) is 0. The number of benzene rings is 2. The summed E-state index contributed by atoms with van der Waals surface area (Å²) in [5, 5.41) is 0. The van der Waals surface area contributed by atoms with Crippen molar-refractivity contribution in [1.29, 1.82) is 0 Å². The highest BCUT2D eigenvalue weighted by Gasteiger charge is 2.11. The van der Waals surface area contributed by atoms with Crippen molar-refractivity contribution in [2.24, 2.45) is 0 Å². The van der Waals surface area contributed by atoms with Gasteiger partial charge in [0.2, 0.25) is 0 Å². The molecule has 20 heavy (non-hydrogen) atoms. The van der Waals surface area contributed by atoms with Crippen LogP contribution < -0.4 is 9.47 Å². The molecule has 0 radical (unpaired) electrons. The van der Waals surface area contributed by atoms with Crippen LogP contribution in [0.4, 0.5) is 0 Å². The summed E-state index contributed by atoms with van der Waals surface area (Å²) in [5.74, 6) is -0.149. The van der Waals surface area contributed by atoms with E-state index in [0.29, 0.717) is 11.5 Å². The van der Waals surface area contributed by atoms with Gasteiger partial charge in [0.25, 0.3) is 0 Å². The number of carbonyl (C=O) groups is 2. The van der Waals surface area contributed by atoms with Crippen LogP contribution in [0.25, 0.3) is 11.1 Å². The van der Waals surface area contributed by atoms with Crippen LogP contribution in [0.3, 0.4) is 0 Å². The van der Waals surface area contributed by atoms with Crippen LogP contribution in [0, 0.1) is 0 Å². The van der Waals surface area contributed by atoms with Crippen molar-refractivity contribution >= 4 is 11.9 Å². The molecule has 2 aromatic rings. The molecule has 0 N–H and O–H groups in total. The number of ether oxygens (including phenoxy) is 2. The van der Waals surface area contributed by atoms with Gasteiger partial charge in [-0.2, -0.15) is 0 Å². The van der Waals surface area contributed by atoms with Crippen molar-refractivity contribution in [3.05, 3.63) is 48.5 Å². The van der Waals surface area contributed by atoms with Crippen LogP contribution in [-0.2, 0) is 9.59 Å². The molecule has 102 valence electrons. The van der Waals surface area contributed by atoms with Crippen LogP contribution in [0.15, 0.2) is 48.5 Å². The average molecular weight is 270 g/mol. The van der Waals surface area contributed by atoms with Crippen molar-refractivity contribution in [3.63, 3.8) is 0 Å². The van der Waals surface area contributed by atoms with E-state index >= 15 is 0 Å². The van der Waals surface area contributed by atoms with E-state index in [2.05, 4.69) is 0 Å². The minimum atomic E-state index is -0.429. The lowest BCUT2D eigenvalue weighted by molar-refractivity contribution is -0.132. The van der Waals surface area contributed by atoms with Crippen molar-refractivity contribution in [1.82, 2.24) is 0 Å². The fourth-order valence-corrected chi connectivity index (χ4v) is 1.83. The van der Waals surface area contributed by atoms with Crippen LogP contribution in [0.2, 0.25) is 0 Å². The Labute approximate surface area is 116 Å². The molecule has 0 unspecified atom stereocenters. The van der Waals surface area contributed by atoms with E-state index in [1.807, 2.05) is 30.3 Å². The van der Waals surface area contributed by atoms with E-state index in [1.54, 1.807) is 12.1 Å². The Bertz CT molecular complexity index is 632. The standard InChI is InChI=1S/C16H14O4/c1-11(17)19-14-8-9-15(13-6-4-3-5-7-13)16(10-14)20-12(2)18/h3-10H,1-2H3. The molecule has 0 aliphatic carbocycles. The summed E-state index contributed by atoms with van der Waals surface area (Å²) in [5.41, 5.74) is 1.68. The van der Waals surface area contributed by atoms with Gasteiger partial charge >= 0.3 is 11.9 Å². The fraction of sp³-hybridized carbons (Fsp3) is 0.125. The van der Waals surface area contributed by atoms with Gasteiger partial charge in [0.05, 0.1) is 0 Å². The van der Waals surface area contributed by atoms with E-state index in [1.165, 1.54) is 19.9 Å². The van der Waals surface area contributed by atoms with E-state index in [0.717, 1.165) is 11.1 Å². The molecule has 2 aromatic carbocycles. The van der Waals surface area contributed by atoms with Crippen LogP contribution in [-0.4, -0.2) is 11.9 Å². The maximum atomic E-state index is 11.2. The Morgan fingerprint density at radius 1 is 0.850 bits per heavy atom. The number of esters is 2. The van der Waals surface area contributed by atoms with Gasteiger partial charge in [-0.3, -0.25) is 9.59 Å². The molecule has 0 heterocycles. The summed E-state index contributed by atoms with van der Waals surface area (Å²) >= 11 is 0. The molecular formula is C16H14O4. The largest absolute Gasteiger partial charge is 0.427 e. The third kappa shape index (κ3) is 3.45. The van der Waals surface area contributed by atoms with E-state index in [-0.39, 0.29) is 0 Å². The van der Waals surface area contributed by atoms with Gasteiger partial charge in [0.1, 0.15) is 11.5 Å². The van der Waals surface area contributed by atoms with E-state index in [9.17, 15) is 9.59 Å². The lowest BCUT2D eigenvalue weighted by Crippen LogP contribution is -2.05. The van der Waals surface area contributed by atoms with Gasteiger partial charge in [-0.1, -0.05) is 30.3 Å². The topological polar surface area (TPSA) is 52.6 Å². The number of rotatable bonds is 3. The van der Waals surface area contributed by atoms with Gasteiger partial charge < -0.3 is 9.47 Å². The quantitative estimate of drug-likeness (QED) is 0.635. The van der Waals surface area contributed by atoms with Crippen molar-refractivity contribution < 1.29 is 19.1 Å². The second kappa shape index (κ2) is 6.02. The molecule has 2 rings (SSSR count). The zero-order valence-corrected chi connectivity index (χ0v) is 11.3. The highest BCUT2D eigenvalue weighted by molar-refractivity contribution is 5.78. The molecule has 0 aliphatic rings. The first-order chi connectivity index (χ1) is 9.56. The minimum absolute atomic E-state index is 0.341. The SMILES string of the molecule is CC(=O)Oc1ccc(-c2ccccc2)c(OC(C)=O)c1. The summed E-state index contributed by atoms with van der Waals surface area (Å²) in [6.45, 7) is 2.64. The summed E-state index contributed by atoms with van der Waals surface area (Å²) in [7, 11) is 0.